The van der Waals surface area contributed by atoms with E-state index < -0.39 is 0 Å². The van der Waals surface area contributed by atoms with Crippen molar-refractivity contribution >= 4 is 22.4 Å². The molecule has 0 spiro atoms. The Morgan fingerprint density at radius 1 is 1.19 bits per heavy atom. The number of rotatable bonds is 0. The normalized spacial score (nSPS) is 19.7. The van der Waals surface area contributed by atoms with E-state index in [1.807, 2.05) is 24.3 Å². The van der Waals surface area contributed by atoms with Gasteiger partial charge in [-0.2, -0.15) is 0 Å². The number of phenolic OH excluding ortho intramolecular Hbond substituents is 1. The Balaban J connectivity index is 2.33. The number of hydrogen-bond acceptors (Lipinski definition) is 1. The van der Waals surface area contributed by atoms with Crippen LogP contribution in [0.2, 0.25) is 0 Å². The van der Waals surface area contributed by atoms with E-state index in [9.17, 15) is 5.11 Å². The van der Waals surface area contributed by atoms with Crippen molar-refractivity contribution < 1.29 is 5.11 Å². The van der Waals surface area contributed by atoms with Gasteiger partial charge in [-0.1, -0.05) is 24.3 Å². The molecule has 0 bridgehead atoms. The topological polar surface area (TPSA) is 20.2 Å². The first-order valence-corrected chi connectivity index (χ1v) is 6.06. The van der Waals surface area contributed by atoms with Crippen LogP contribution in [0, 0.1) is 0 Å². The quantitative estimate of drug-likeness (QED) is 0.688. The van der Waals surface area contributed by atoms with E-state index in [1.54, 1.807) is 0 Å². The number of aryl methyl sites for hydroxylation is 1. The maximum atomic E-state index is 9.96. The van der Waals surface area contributed by atoms with Gasteiger partial charge in [0, 0.05) is 10.8 Å². The third-order valence-corrected chi connectivity index (χ3v) is 3.75. The van der Waals surface area contributed by atoms with Gasteiger partial charge in [0.25, 0.3) is 0 Å². The van der Waals surface area contributed by atoms with Crippen molar-refractivity contribution in [2.75, 3.05) is 0 Å². The second-order valence-corrected chi connectivity index (χ2v) is 5.04. The van der Waals surface area contributed by atoms with E-state index in [0.717, 1.165) is 30.0 Å². The summed E-state index contributed by atoms with van der Waals surface area (Å²) in [6, 6.07) is 9.90. The maximum Gasteiger partial charge on any atom is 0.123 e. The molecule has 1 nitrogen and oxygen atoms in total. The third kappa shape index (κ3) is 1.47. The molecule has 1 aliphatic rings. The highest BCUT2D eigenvalue weighted by Crippen LogP contribution is 2.35. The Bertz CT molecular complexity index is 548. The molecule has 16 heavy (non-hydrogen) atoms. The van der Waals surface area contributed by atoms with E-state index in [4.69, 9.17) is 11.6 Å². The Morgan fingerprint density at radius 2 is 1.94 bits per heavy atom. The maximum absolute atomic E-state index is 9.96. The first-order chi connectivity index (χ1) is 7.75. The van der Waals surface area contributed by atoms with E-state index >= 15 is 0 Å². The molecule has 1 aliphatic carbocycles. The standard InChI is InChI=1S/C14H13ClO/c15-10-6-5-9-7-14(16)12-4-2-1-3-11(12)13(9)8-10/h1-4,7,10,16H,5-6,8H2/t10-/m1/s1. The monoisotopic (exact) mass is 232 g/mol. The zero-order valence-electron chi connectivity index (χ0n) is 8.91. The summed E-state index contributed by atoms with van der Waals surface area (Å²) in [6.07, 6.45) is 2.89. The molecule has 2 aromatic rings. The number of benzene rings is 2. The van der Waals surface area contributed by atoms with E-state index in [0.29, 0.717) is 5.75 Å². The van der Waals surface area contributed by atoms with Crippen LogP contribution >= 0.6 is 11.6 Å². The lowest BCUT2D eigenvalue weighted by Gasteiger charge is -2.22. The van der Waals surface area contributed by atoms with Crippen molar-refractivity contribution in [3.8, 4) is 5.75 Å². The van der Waals surface area contributed by atoms with Gasteiger partial charge in [-0.05, 0) is 41.8 Å². The zero-order valence-corrected chi connectivity index (χ0v) is 9.67. The van der Waals surface area contributed by atoms with Crippen molar-refractivity contribution in [3.05, 3.63) is 41.5 Å². The second kappa shape index (κ2) is 3.67. The van der Waals surface area contributed by atoms with Crippen molar-refractivity contribution in [1.82, 2.24) is 0 Å². The Kier molecular flexibility index (Phi) is 2.29. The van der Waals surface area contributed by atoms with Crippen LogP contribution in [0.3, 0.4) is 0 Å². The molecular formula is C14H13ClO. The number of hydrogen-bond donors (Lipinski definition) is 1. The minimum Gasteiger partial charge on any atom is -0.507 e. The summed E-state index contributed by atoms with van der Waals surface area (Å²) in [5, 5.41) is 12.3. The zero-order chi connectivity index (χ0) is 11.1. The predicted molar refractivity (Wildman–Crippen MR) is 67.3 cm³/mol. The van der Waals surface area contributed by atoms with Crippen molar-refractivity contribution in [3.63, 3.8) is 0 Å². The summed E-state index contributed by atoms with van der Waals surface area (Å²) in [7, 11) is 0. The van der Waals surface area contributed by atoms with Crippen LogP contribution in [0.4, 0.5) is 0 Å². The molecule has 1 atom stereocenters. The highest BCUT2D eigenvalue weighted by molar-refractivity contribution is 6.21. The van der Waals surface area contributed by atoms with Crippen molar-refractivity contribution in [2.24, 2.45) is 0 Å². The van der Waals surface area contributed by atoms with Gasteiger partial charge in [0.05, 0.1) is 0 Å². The molecule has 1 N–H and O–H groups in total. The molecular weight excluding hydrogens is 220 g/mol. The molecule has 0 amide bonds. The Labute approximate surface area is 99.7 Å². The first-order valence-electron chi connectivity index (χ1n) is 5.62. The molecule has 82 valence electrons. The molecule has 0 heterocycles. The summed E-state index contributed by atoms with van der Waals surface area (Å²) in [4.78, 5) is 0. The predicted octanol–water partition coefficient (Wildman–Crippen LogP) is 3.64. The summed E-state index contributed by atoms with van der Waals surface area (Å²) in [5.41, 5.74) is 2.58. The fourth-order valence-electron chi connectivity index (χ4n) is 2.57. The van der Waals surface area contributed by atoms with Crippen molar-refractivity contribution in [1.29, 1.82) is 0 Å². The summed E-state index contributed by atoms with van der Waals surface area (Å²) < 4.78 is 0. The summed E-state index contributed by atoms with van der Waals surface area (Å²) >= 11 is 6.22. The SMILES string of the molecule is Oc1cc2c(c3ccccc13)C[C@H](Cl)CC2. The Hall–Kier alpha value is -1.21. The van der Waals surface area contributed by atoms with Crippen LogP contribution in [-0.4, -0.2) is 10.5 Å². The number of phenols is 1. The smallest absolute Gasteiger partial charge is 0.123 e. The molecule has 0 aliphatic heterocycles. The largest absolute Gasteiger partial charge is 0.507 e. The van der Waals surface area contributed by atoms with Gasteiger partial charge in [0.15, 0.2) is 0 Å². The van der Waals surface area contributed by atoms with Crippen LogP contribution in [0.15, 0.2) is 30.3 Å². The lowest BCUT2D eigenvalue weighted by molar-refractivity contribution is 0.480. The highest BCUT2D eigenvalue weighted by atomic mass is 35.5. The molecule has 0 aromatic heterocycles. The lowest BCUT2D eigenvalue weighted by Crippen LogP contribution is -2.14. The molecule has 0 saturated heterocycles. The molecule has 2 aromatic carbocycles. The third-order valence-electron chi connectivity index (χ3n) is 3.38. The van der Waals surface area contributed by atoms with Crippen LogP contribution in [-0.2, 0) is 12.8 Å². The van der Waals surface area contributed by atoms with Gasteiger partial charge < -0.3 is 5.11 Å². The average molecular weight is 233 g/mol. The van der Waals surface area contributed by atoms with E-state index in [-0.39, 0.29) is 5.38 Å². The fraction of sp³-hybridized carbons (Fsp3) is 0.286. The van der Waals surface area contributed by atoms with Crippen LogP contribution in [0.5, 0.6) is 5.75 Å². The highest BCUT2D eigenvalue weighted by Gasteiger charge is 2.20. The van der Waals surface area contributed by atoms with Gasteiger partial charge >= 0.3 is 0 Å². The number of alkyl halides is 1. The number of aromatic hydroxyl groups is 1. The molecule has 0 radical (unpaired) electrons. The minimum absolute atomic E-state index is 0.237. The van der Waals surface area contributed by atoms with Crippen LogP contribution in [0.25, 0.3) is 10.8 Å². The summed E-state index contributed by atoms with van der Waals surface area (Å²) in [6.45, 7) is 0. The molecule has 2 heteroatoms. The van der Waals surface area contributed by atoms with Crippen molar-refractivity contribution in [2.45, 2.75) is 24.6 Å². The molecule has 0 saturated carbocycles. The molecule has 0 fully saturated rings. The lowest BCUT2D eigenvalue weighted by atomic mass is 9.87. The van der Waals surface area contributed by atoms with Crippen LogP contribution in [0.1, 0.15) is 17.5 Å². The minimum atomic E-state index is 0.237. The number of halogens is 1. The van der Waals surface area contributed by atoms with Gasteiger partial charge in [-0.3, -0.25) is 0 Å². The Morgan fingerprint density at radius 3 is 2.75 bits per heavy atom. The second-order valence-electron chi connectivity index (χ2n) is 4.42. The molecule has 3 rings (SSSR count). The van der Waals surface area contributed by atoms with Gasteiger partial charge in [-0.25, -0.2) is 0 Å². The fourth-order valence-corrected chi connectivity index (χ4v) is 2.84. The van der Waals surface area contributed by atoms with Gasteiger partial charge in [-0.15, -0.1) is 11.6 Å². The van der Waals surface area contributed by atoms with E-state index in [2.05, 4.69) is 6.07 Å². The van der Waals surface area contributed by atoms with E-state index in [1.165, 1.54) is 11.1 Å². The number of fused-ring (bicyclic) bond motifs is 3. The molecule has 0 unspecified atom stereocenters. The first kappa shape index (κ1) is 9.98. The van der Waals surface area contributed by atoms with Gasteiger partial charge in [0.1, 0.15) is 5.75 Å². The average Bonchev–Trinajstić information content (AvgIpc) is 2.31. The van der Waals surface area contributed by atoms with Crippen LogP contribution < -0.4 is 0 Å². The van der Waals surface area contributed by atoms with Gasteiger partial charge in [0.2, 0.25) is 0 Å². The summed E-state index contributed by atoms with van der Waals surface area (Å²) in [5.74, 6) is 0.391.